The molecule has 0 fully saturated rings. The second-order valence-electron chi connectivity index (χ2n) is 7.87. The average Bonchev–Trinajstić information content (AvgIpc) is 2.76. The molecule has 0 spiro atoms. The van der Waals surface area contributed by atoms with Gasteiger partial charge in [0.15, 0.2) is 11.5 Å². The molecule has 0 amide bonds. The lowest BCUT2D eigenvalue weighted by atomic mass is 10.1. The van der Waals surface area contributed by atoms with E-state index in [1.165, 1.54) is 12.1 Å². The van der Waals surface area contributed by atoms with Crippen molar-refractivity contribution in [2.45, 2.75) is 38.8 Å². The topological polar surface area (TPSA) is 137 Å². The Kier molecular flexibility index (Phi) is 8.63. The highest BCUT2D eigenvalue weighted by atomic mass is 16.6. The summed E-state index contributed by atoms with van der Waals surface area (Å²) >= 11 is 0. The smallest absolute Gasteiger partial charge is 0.360 e. The predicted octanol–water partition coefficient (Wildman–Crippen LogP) is 2.74. The fourth-order valence-electron chi connectivity index (χ4n) is 2.70. The van der Waals surface area contributed by atoms with E-state index in [9.17, 15) is 19.5 Å². The summed E-state index contributed by atoms with van der Waals surface area (Å²) in [4.78, 5) is 44.9. The zero-order valence-corrected chi connectivity index (χ0v) is 19.0. The zero-order chi connectivity index (χ0) is 24.6. The normalized spacial score (nSPS) is 11.9. The Morgan fingerprint density at radius 2 is 1.82 bits per heavy atom. The molecular weight excluding hydrogens is 430 g/mol. The molecule has 0 aliphatic carbocycles. The molecule has 0 bridgehead atoms. The van der Waals surface area contributed by atoms with Crippen molar-refractivity contribution in [2.24, 2.45) is 0 Å². The molecule has 2 N–H and O–H groups in total. The number of methoxy groups -OCH3 is 1. The van der Waals surface area contributed by atoms with Crippen molar-refractivity contribution < 1.29 is 33.7 Å². The number of hydrogen-bond acceptors (Lipinski definition) is 10. The minimum Gasteiger partial charge on any atom is -0.491 e. The molecule has 0 saturated heterocycles. The molecule has 2 aromatic rings. The molecule has 0 aliphatic heterocycles. The summed E-state index contributed by atoms with van der Waals surface area (Å²) in [6, 6.07) is 7.29. The molecule has 0 saturated carbocycles. The monoisotopic (exact) mass is 457 g/mol. The van der Waals surface area contributed by atoms with Crippen LogP contribution < -0.4 is 10.1 Å². The number of rotatable bonds is 9. The molecule has 0 radical (unpaired) electrons. The number of aromatic hydroxyl groups is 1. The zero-order valence-electron chi connectivity index (χ0n) is 19.0. The Balaban J connectivity index is 2.35. The van der Waals surface area contributed by atoms with E-state index in [1.54, 1.807) is 45.0 Å². The summed E-state index contributed by atoms with van der Waals surface area (Å²) in [5.41, 5.74) is -0.915. The molecule has 1 heterocycles. The minimum atomic E-state index is -0.950. The van der Waals surface area contributed by atoms with Crippen LogP contribution in [0.15, 0.2) is 43.0 Å². The van der Waals surface area contributed by atoms with Crippen molar-refractivity contribution in [3.63, 3.8) is 0 Å². The van der Waals surface area contributed by atoms with Crippen LogP contribution in [-0.4, -0.2) is 52.2 Å². The third-order valence-electron chi connectivity index (χ3n) is 4.07. The number of hydrogen-bond donors (Lipinski definition) is 2. The van der Waals surface area contributed by atoms with Gasteiger partial charge >= 0.3 is 17.9 Å². The van der Waals surface area contributed by atoms with Gasteiger partial charge in [0, 0.05) is 0 Å². The van der Waals surface area contributed by atoms with Crippen LogP contribution in [0.25, 0.3) is 0 Å². The molecule has 33 heavy (non-hydrogen) atoms. The summed E-state index contributed by atoms with van der Waals surface area (Å²) in [7, 11) is 1.12. The van der Waals surface area contributed by atoms with Crippen molar-refractivity contribution in [3.8, 4) is 11.6 Å². The number of nitrogens with one attached hydrogen (secondary N) is 1. The minimum absolute atomic E-state index is 0.0316. The van der Waals surface area contributed by atoms with Crippen LogP contribution in [0.2, 0.25) is 0 Å². The number of aromatic nitrogens is 2. The highest BCUT2D eigenvalue weighted by molar-refractivity contribution is 5.95. The van der Waals surface area contributed by atoms with Gasteiger partial charge in [0.1, 0.15) is 5.60 Å². The van der Waals surface area contributed by atoms with Gasteiger partial charge in [-0.25, -0.2) is 14.6 Å². The Labute approximate surface area is 191 Å². The lowest BCUT2D eigenvalue weighted by molar-refractivity contribution is -0.153. The van der Waals surface area contributed by atoms with E-state index in [0.29, 0.717) is 0 Å². The highest BCUT2D eigenvalue weighted by Crippen LogP contribution is 2.30. The van der Waals surface area contributed by atoms with Crippen LogP contribution in [0.3, 0.4) is 0 Å². The quantitative estimate of drug-likeness (QED) is 0.427. The van der Waals surface area contributed by atoms with E-state index in [0.717, 1.165) is 7.11 Å². The number of esters is 3. The maximum Gasteiger partial charge on any atom is 0.360 e. The van der Waals surface area contributed by atoms with E-state index < -0.39 is 46.9 Å². The van der Waals surface area contributed by atoms with E-state index in [1.807, 2.05) is 0 Å². The Morgan fingerprint density at radius 3 is 2.39 bits per heavy atom. The van der Waals surface area contributed by atoms with Gasteiger partial charge in [-0.1, -0.05) is 24.3 Å². The number of ether oxygens (including phenoxy) is 3. The van der Waals surface area contributed by atoms with Gasteiger partial charge in [-0.2, -0.15) is 4.98 Å². The number of benzene rings is 1. The summed E-state index contributed by atoms with van der Waals surface area (Å²) in [5.74, 6) is -3.59. The fourth-order valence-corrected chi connectivity index (χ4v) is 2.70. The molecule has 10 heteroatoms. The van der Waals surface area contributed by atoms with Crippen LogP contribution in [-0.2, 0) is 14.3 Å². The first kappa shape index (κ1) is 25.5. The molecule has 0 aliphatic rings. The van der Waals surface area contributed by atoms with Crippen LogP contribution in [0.5, 0.6) is 11.6 Å². The molecule has 1 aromatic carbocycles. The van der Waals surface area contributed by atoms with Crippen LogP contribution in [0, 0.1) is 0 Å². The number of carbonyl (C=O) groups excluding carboxylic acids is 3. The third kappa shape index (κ3) is 7.39. The van der Waals surface area contributed by atoms with Gasteiger partial charge in [0.2, 0.25) is 5.75 Å². The maximum absolute atomic E-state index is 12.4. The Hall–Kier alpha value is -3.79. The van der Waals surface area contributed by atoms with Crippen molar-refractivity contribution in [2.75, 3.05) is 13.7 Å². The highest BCUT2D eigenvalue weighted by Gasteiger charge is 2.28. The summed E-state index contributed by atoms with van der Waals surface area (Å²) in [5, 5.41) is 13.4. The number of nitrogens with zero attached hydrogens (tertiary/aromatic N) is 2. The van der Waals surface area contributed by atoms with Gasteiger partial charge in [-0.3, -0.25) is 10.1 Å². The van der Waals surface area contributed by atoms with E-state index in [4.69, 9.17) is 14.2 Å². The standard InChI is InChI=1S/C23H27N3O7/c1-6-10-15(24-13-16(27)33-23(2,3)4)19-25-17(22(30)31-5)18(20(28)26-19)32-21(29)14-11-8-7-9-12-14/h6-9,11-12,15,24H,1,10,13H2,2-5H3,(H,25,26,28). The fraction of sp³-hybridized carbons (Fsp3) is 0.348. The third-order valence-corrected chi connectivity index (χ3v) is 4.07. The summed E-state index contributed by atoms with van der Waals surface area (Å²) in [6.07, 6.45) is 1.81. The summed E-state index contributed by atoms with van der Waals surface area (Å²) < 4.78 is 15.2. The molecule has 1 atom stereocenters. The molecule has 176 valence electrons. The van der Waals surface area contributed by atoms with Gasteiger partial charge in [-0.05, 0) is 39.3 Å². The average molecular weight is 457 g/mol. The van der Waals surface area contributed by atoms with Crippen LogP contribution >= 0.6 is 0 Å². The first-order valence-electron chi connectivity index (χ1n) is 10.1. The summed E-state index contributed by atoms with van der Waals surface area (Å²) in [6.45, 7) is 8.71. The second kappa shape index (κ2) is 11.2. The van der Waals surface area contributed by atoms with Crippen molar-refractivity contribution in [3.05, 3.63) is 60.1 Å². The Bertz CT molecular complexity index is 1020. The van der Waals surface area contributed by atoms with Gasteiger partial charge in [-0.15, -0.1) is 6.58 Å². The van der Waals surface area contributed by atoms with Crippen molar-refractivity contribution >= 4 is 17.9 Å². The Morgan fingerprint density at radius 1 is 1.15 bits per heavy atom. The predicted molar refractivity (Wildman–Crippen MR) is 118 cm³/mol. The van der Waals surface area contributed by atoms with E-state index in [2.05, 4.69) is 21.9 Å². The second-order valence-corrected chi connectivity index (χ2v) is 7.87. The van der Waals surface area contributed by atoms with Crippen LogP contribution in [0.4, 0.5) is 0 Å². The maximum atomic E-state index is 12.4. The lowest BCUT2D eigenvalue weighted by Crippen LogP contribution is -2.34. The van der Waals surface area contributed by atoms with Gasteiger partial charge in [0.05, 0.1) is 25.3 Å². The molecular formula is C23H27N3O7. The lowest BCUT2D eigenvalue weighted by Gasteiger charge is -2.21. The van der Waals surface area contributed by atoms with Gasteiger partial charge in [0.25, 0.3) is 5.88 Å². The van der Waals surface area contributed by atoms with Gasteiger partial charge < -0.3 is 19.3 Å². The number of carbonyl (C=O) groups is 3. The molecule has 1 unspecified atom stereocenters. The van der Waals surface area contributed by atoms with Crippen LogP contribution in [0.1, 0.15) is 59.9 Å². The van der Waals surface area contributed by atoms with E-state index >= 15 is 0 Å². The largest absolute Gasteiger partial charge is 0.491 e. The first-order chi connectivity index (χ1) is 15.6. The molecule has 10 nitrogen and oxygen atoms in total. The van der Waals surface area contributed by atoms with Crippen molar-refractivity contribution in [1.29, 1.82) is 0 Å². The van der Waals surface area contributed by atoms with E-state index in [-0.39, 0.29) is 24.4 Å². The first-order valence-corrected chi connectivity index (χ1v) is 10.1. The van der Waals surface area contributed by atoms with Crippen molar-refractivity contribution in [1.82, 2.24) is 15.3 Å². The molecule has 1 aromatic heterocycles. The molecule has 2 rings (SSSR count). The SMILES string of the molecule is C=CCC(NCC(=O)OC(C)(C)C)c1nc(O)c(OC(=O)c2ccccc2)c(C(=O)OC)n1.